The molecule has 1 N–H and O–H groups in total. The number of halogens is 1. The maximum atomic E-state index is 14.0. The molecule has 1 aromatic carbocycles. The van der Waals surface area contributed by atoms with Gasteiger partial charge in [0.25, 0.3) is 0 Å². The summed E-state index contributed by atoms with van der Waals surface area (Å²) < 4.78 is 41.1. The number of aromatic nitrogens is 1. The van der Waals surface area contributed by atoms with Crippen LogP contribution < -0.4 is 4.72 Å². The first kappa shape index (κ1) is 23.5. The van der Waals surface area contributed by atoms with Gasteiger partial charge in [-0.3, -0.25) is 9.52 Å². The minimum atomic E-state index is -3.84. The lowest BCUT2D eigenvalue weighted by Crippen LogP contribution is -2.33. The number of carbonyl (C=O) groups excluding carboxylic acids is 1. The van der Waals surface area contributed by atoms with Gasteiger partial charge in [0.2, 0.25) is 15.9 Å². The topological polar surface area (TPSA) is 76.1 Å². The lowest BCUT2D eigenvalue weighted by molar-refractivity contribution is -0.118. The van der Waals surface area contributed by atoms with Crippen molar-refractivity contribution in [1.29, 1.82) is 0 Å². The second-order valence-corrected chi connectivity index (χ2v) is 11.0. The molecule has 29 heavy (non-hydrogen) atoms. The Hall–Kier alpha value is -1.80. The molecule has 0 bridgehead atoms. The Bertz CT molecular complexity index is 951. The number of nitrogens with one attached hydrogen (secondary N) is 1. The molecule has 5 nitrogen and oxygen atoms in total. The van der Waals surface area contributed by atoms with Crippen LogP contribution in [-0.2, 0) is 27.0 Å². The van der Waals surface area contributed by atoms with Crippen LogP contribution in [0.4, 0.5) is 4.39 Å². The lowest BCUT2D eigenvalue weighted by atomic mass is 9.87. The van der Waals surface area contributed by atoms with Gasteiger partial charge in [-0.25, -0.2) is 17.8 Å². The van der Waals surface area contributed by atoms with E-state index < -0.39 is 15.9 Å². The molecule has 0 atom stereocenters. The normalized spacial score (nSPS) is 12.2. The summed E-state index contributed by atoms with van der Waals surface area (Å²) in [5.74, 6) is -1.02. The van der Waals surface area contributed by atoms with Gasteiger partial charge in [0, 0.05) is 17.0 Å². The number of rotatable bonds is 8. The number of amides is 1. The Morgan fingerprint density at radius 3 is 2.07 bits per heavy atom. The molecule has 0 aliphatic carbocycles. The van der Waals surface area contributed by atoms with Crippen molar-refractivity contribution < 1.29 is 17.6 Å². The highest BCUT2D eigenvalue weighted by Gasteiger charge is 2.22. The van der Waals surface area contributed by atoms with E-state index in [1.54, 1.807) is 0 Å². The Morgan fingerprint density at radius 2 is 1.62 bits per heavy atom. The molecule has 8 heteroatoms. The van der Waals surface area contributed by atoms with Gasteiger partial charge in [0.05, 0.1) is 11.4 Å². The minimum absolute atomic E-state index is 0.00857. The SMILES string of the molecule is CC(C)c1ncc(CS(=O)(=O)NC(=O)Cc2c(C(C)C)cc(F)cc2C(C)C)s1. The van der Waals surface area contributed by atoms with E-state index in [0.717, 1.165) is 16.1 Å². The van der Waals surface area contributed by atoms with Crippen molar-refractivity contribution in [3.05, 3.63) is 50.7 Å². The molecule has 0 spiro atoms. The van der Waals surface area contributed by atoms with Crippen molar-refractivity contribution >= 4 is 27.3 Å². The van der Waals surface area contributed by atoms with Crippen LogP contribution in [0.25, 0.3) is 0 Å². The van der Waals surface area contributed by atoms with Gasteiger partial charge in [0.1, 0.15) is 11.6 Å². The van der Waals surface area contributed by atoms with Crippen LogP contribution in [0, 0.1) is 5.82 Å². The minimum Gasteiger partial charge on any atom is -0.274 e. The van der Waals surface area contributed by atoms with Crippen LogP contribution in [-0.4, -0.2) is 19.3 Å². The van der Waals surface area contributed by atoms with Crippen molar-refractivity contribution in [1.82, 2.24) is 9.71 Å². The second-order valence-electron chi connectivity index (χ2n) is 8.15. The molecule has 1 aromatic heterocycles. The predicted octanol–water partition coefficient (Wildman–Crippen LogP) is 4.84. The number of carbonyl (C=O) groups is 1. The fraction of sp³-hybridized carbons (Fsp3) is 0.524. The third-order valence-corrected chi connectivity index (χ3v) is 7.24. The van der Waals surface area contributed by atoms with E-state index in [2.05, 4.69) is 9.71 Å². The zero-order valence-corrected chi connectivity index (χ0v) is 19.4. The predicted molar refractivity (Wildman–Crippen MR) is 115 cm³/mol. The molecule has 0 aliphatic rings. The van der Waals surface area contributed by atoms with Crippen LogP contribution in [0.1, 0.15) is 85.9 Å². The van der Waals surface area contributed by atoms with Gasteiger partial charge in [-0.2, -0.15) is 0 Å². The van der Waals surface area contributed by atoms with E-state index in [1.165, 1.54) is 29.7 Å². The lowest BCUT2D eigenvalue weighted by Gasteiger charge is -2.20. The summed E-state index contributed by atoms with van der Waals surface area (Å²) in [5, 5.41) is 0.857. The van der Waals surface area contributed by atoms with Crippen molar-refractivity contribution in [3.8, 4) is 0 Å². The zero-order valence-electron chi connectivity index (χ0n) is 17.7. The van der Waals surface area contributed by atoms with Gasteiger partial charge < -0.3 is 0 Å². The van der Waals surface area contributed by atoms with Gasteiger partial charge in [-0.05, 0) is 40.7 Å². The monoisotopic (exact) mass is 440 g/mol. The van der Waals surface area contributed by atoms with Crippen LogP contribution in [0.5, 0.6) is 0 Å². The number of hydrogen-bond acceptors (Lipinski definition) is 5. The molecule has 0 fully saturated rings. The van der Waals surface area contributed by atoms with Crippen molar-refractivity contribution in [3.63, 3.8) is 0 Å². The second kappa shape index (κ2) is 9.34. The average molecular weight is 441 g/mol. The molecule has 2 rings (SSSR count). The molecule has 0 aliphatic heterocycles. The molecular weight excluding hydrogens is 411 g/mol. The highest BCUT2D eigenvalue weighted by molar-refractivity contribution is 7.89. The fourth-order valence-corrected chi connectivity index (χ4v) is 5.52. The molecular formula is C21H29FN2O3S2. The van der Waals surface area contributed by atoms with Crippen molar-refractivity contribution in [2.45, 2.75) is 71.5 Å². The summed E-state index contributed by atoms with van der Waals surface area (Å²) >= 11 is 1.33. The summed E-state index contributed by atoms with van der Waals surface area (Å²) in [5.41, 5.74) is 2.15. The first-order chi connectivity index (χ1) is 13.4. The Labute approximate surface area is 176 Å². The Balaban J connectivity index is 2.21. The molecule has 2 aromatic rings. The first-order valence-electron chi connectivity index (χ1n) is 9.69. The number of sulfonamides is 1. The number of nitrogens with zero attached hydrogens (tertiary/aromatic N) is 1. The van der Waals surface area contributed by atoms with Crippen LogP contribution in [0.15, 0.2) is 18.3 Å². The van der Waals surface area contributed by atoms with Gasteiger partial charge in [0.15, 0.2) is 0 Å². The molecule has 1 heterocycles. The molecule has 1 amide bonds. The number of thiazole rings is 1. The molecule has 0 unspecified atom stereocenters. The molecule has 0 radical (unpaired) electrons. The maximum Gasteiger partial charge on any atom is 0.239 e. The average Bonchev–Trinajstić information content (AvgIpc) is 3.02. The summed E-state index contributed by atoms with van der Waals surface area (Å²) in [6.07, 6.45) is 1.43. The van der Waals surface area contributed by atoms with E-state index in [-0.39, 0.29) is 35.7 Å². The van der Waals surface area contributed by atoms with Crippen molar-refractivity contribution in [2.24, 2.45) is 0 Å². The summed E-state index contributed by atoms with van der Waals surface area (Å²) in [7, 11) is -3.84. The standard InChI is InChI=1S/C21H29FN2O3S2/c1-12(2)17-7-15(22)8-18(13(3)4)19(17)9-20(25)24-29(26,27)11-16-10-23-21(28-16)14(5)6/h7-8,10,12-14H,9,11H2,1-6H3,(H,24,25). The van der Waals surface area contributed by atoms with Gasteiger partial charge >= 0.3 is 0 Å². The van der Waals surface area contributed by atoms with E-state index in [1.807, 2.05) is 41.5 Å². The fourth-order valence-electron chi connectivity index (χ4n) is 3.16. The van der Waals surface area contributed by atoms with Crippen LogP contribution in [0.3, 0.4) is 0 Å². The molecule has 0 saturated heterocycles. The van der Waals surface area contributed by atoms with Crippen molar-refractivity contribution in [2.75, 3.05) is 0 Å². The highest BCUT2D eigenvalue weighted by atomic mass is 32.2. The van der Waals surface area contributed by atoms with E-state index in [9.17, 15) is 17.6 Å². The van der Waals surface area contributed by atoms with E-state index >= 15 is 0 Å². The van der Waals surface area contributed by atoms with Gasteiger partial charge in [-0.1, -0.05) is 41.5 Å². The quantitative estimate of drug-likeness (QED) is 0.637. The third-order valence-electron chi connectivity index (χ3n) is 4.53. The Kier molecular flexibility index (Phi) is 7.56. The number of benzene rings is 1. The first-order valence-corrected chi connectivity index (χ1v) is 12.2. The van der Waals surface area contributed by atoms with Crippen LogP contribution in [0.2, 0.25) is 0 Å². The number of hydrogen-bond donors (Lipinski definition) is 1. The summed E-state index contributed by atoms with van der Waals surface area (Å²) in [4.78, 5) is 17.4. The smallest absolute Gasteiger partial charge is 0.239 e. The van der Waals surface area contributed by atoms with Gasteiger partial charge in [-0.15, -0.1) is 11.3 Å². The maximum absolute atomic E-state index is 14.0. The molecule has 0 saturated carbocycles. The summed E-state index contributed by atoms with van der Waals surface area (Å²) in [6.45, 7) is 11.7. The largest absolute Gasteiger partial charge is 0.274 e. The zero-order chi connectivity index (χ0) is 21.9. The van der Waals surface area contributed by atoms with E-state index in [4.69, 9.17) is 0 Å². The summed E-state index contributed by atoms with van der Waals surface area (Å²) in [6, 6.07) is 2.86. The Morgan fingerprint density at radius 1 is 1.07 bits per heavy atom. The van der Waals surface area contributed by atoms with Crippen LogP contribution >= 0.6 is 11.3 Å². The highest BCUT2D eigenvalue weighted by Crippen LogP contribution is 2.29. The molecule has 160 valence electrons. The third kappa shape index (κ3) is 6.34. The van der Waals surface area contributed by atoms with E-state index in [0.29, 0.717) is 10.4 Å².